The molecule has 3 N–H and O–H groups in total. The molecule has 39 heavy (non-hydrogen) atoms. The van der Waals surface area contributed by atoms with Crippen molar-refractivity contribution in [1.29, 1.82) is 5.26 Å². The molecule has 0 radical (unpaired) electrons. The Labute approximate surface area is 230 Å². The summed E-state index contributed by atoms with van der Waals surface area (Å²) in [4.78, 5) is 27.4. The first-order valence-electron chi connectivity index (χ1n) is 11.8. The first-order valence-corrected chi connectivity index (χ1v) is 13.6. The van der Waals surface area contributed by atoms with Crippen molar-refractivity contribution in [2.24, 2.45) is 11.1 Å². The van der Waals surface area contributed by atoms with E-state index in [1.165, 1.54) is 6.26 Å². The van der Waals surface area contributed by atoms with Crippen LogP contribution < -0.4 is 16.0 Å². The van der Waals surface area contributed by atoms with Crippen LogP contribution in [-0.2, 0) is 9.59 Å². The molecule has 1 amide bonds. The third kappa shape index (κ3) is 5.17. The second kappa shape index (κ2) is 10.3. The lowest BCUT2D eigenvalue weighted by molar-refractivity contribution is -0.118. The third-order valence-corrected chi connectivity index (χ3v) is 8.37. The Hall–Kier alpha value is -4.02. The Morgan fingerprint density at radius 1 is 1.33 bits per heavy atom. The summed E-state index contributed by atoms with van der Waals surface area (Å²) in [5.74, 6) is -2.50. The molecule has 2 aliphatic rings. The van der Waals surface area contributed by atoms with Crippen molar-refractivity contribution >= 4 is 45.6 Å². The van der Waals surface area contributed by atoms with Gasteiger partial charge in [0.05, 0.1) is 35.3 Å². The zero-order valence-corrected chi connectivity index (χ0v) is 22.5. The van der Waals surface area contributed by atoms with Crippen LogP contribution in [0.25, 0.3) is 0 Å². The van der Waals surface area contributed by atoms with Crippen LogP contribution >= 0.6 is 23.1 Å². The lowest BCUT2D eigenvalue weighted by Gasteiger charge is -2.42. The SMILES string of the molecule is CC1(C)CC(=O)C2=C(C1)N(c1nnc(SCC(=O)Nc3ccc(F)cc3F)s1)C(N)=C(C#N)C2c1ccco1. The number of halogens is 2. The highest BCUT2D eigenvalue weighted by Crippen LogP contribution is 2.50. The van der Waals surface area contributed by atoms with Crippen LogP contribution in [0.15, 0.2) is 68.0 Å². The lowest BCUT2D eigenvalue weighted by atomic mass is 9.69. The fourth-order valence-electron chi connectivity index (χ4n) is 4.72. The number of Topliss-reactive ketones (excluding diaryl/α,β-unsaturated/α-hetero) is 1. The Bertz CT molecular complexity index is 1570. The first-order chi connectivity index (χ1) is 18.6. The maximum Gasteiger partial charge on any atom is 0.234 e. The Morgan fingerprint density at radius 2 is 2.13 bits per heavy atom. The smallest absolute Gasteiger partial charge is 0.234 e. The van der Waals surface area contributed by atoms with Gasteiger partial charge in [0.2, 0.25) is 11.0 Å². The van der Waals surface area contributed by atoms with Gasteiger partial charge in [0, 0.05) is 23.8 Å². The molecule has 9 nitrogen and oxygen atoms in total. The van der Waals surface area contributed by atoms with Gasteiger partial charge in [0.25, 0.3) is 0 Å². The van der Waals surface area contributed by atoms with Gasteiger partial charge in [-0.05, 0) is 36.1 Å². The van der Waals surface area contributed by atoms with Crippen molar-refractivity contribution in [2.75, 3.05) is 16.0 Å². The first kappa shape index (κ1) is 26.6. The van der Waals surface area contributed by atoms with E-state index in [-0.39, 0.29) is 34.0 Å². The fourth-order valence-corrected chi connectivity index (χ4v) is 6.40. The number of ketones is 1. The van der Waals surface area contributed by atoms with Crippen LogP contribution in [0, 0.1) is 28.4 Å². The second-order valence-corrected chi connectivity index (χ2v) is 12.0. The molecule has 5 rings (SSSR count). The fraction of sp³-hybridized carbons (Fsp3) is 0.269. The summed E-state index contributed by atoms with van der Waals surface area (Å²) in [6, 6.07) is 8.43. The number of hydrogen-bond acceptors (Lipinski definition) is 10. The van der Waals surface area contributed by atoms with Gasteiger partial charge in [0.15, 0.2) is 10.1 Å². The number of nitrogens with one attached hydrogen (secondary N) is 1. The van der Waals surface area contributed by atoms with E-state index in [4.69, 9.17) is 10.2 Å². The van der Waals surface area contributed by atoms with Crippen molar-refractivity contribution in [3.63, 3.8) is 0 Å². The number of hydrogen-bond donors (Lipinski definition) is 2. The summed E-state index contributed by atoms with van der Waals surface area (Å²) < 4.78 is 33.0. The second-order valence-electron chi connectivity index (χ2n) is 9.81. The largest absolute Gasteiger partial charge is 0.468 e. The molecule has 0 saturated heterocycles. The van der Waals surface area contributed by atoms with Crippen LogP contribution in [0.1, 0.15) is 38.4 Å². The van der Waals surface area contributed by atoms with Crippen LogP contribution in [0.4, 0.5) is 19.6 Å². The van der Waals surface area contributed by atoms with Gasteiger partial charge in [0.1, 0.15) is 23.2 Å². The minimum Gasteiger partial charge on any atom is -0.468 e. The van der Waals surface area contributed by atoms with Crippen molar-refractivity contribution < 1.29 is 22.8 Å². The topological polar surface area (TPSA) is 138 Å². The number of furan rings is 1. The summed E-state index contributed by atoms with van der Waals surface area (Å²) in [5.41, 5.74) is 7.30. The predicted molar refractivity (Wildman–Crippen MR) is 141 cm³/mol. The molecule has 0 spiro atoms. The average molecular weight is 569 g/mol. The number of allylic oxidation sites excluding steroid dienone is 3. The molecule has 0 fully saturated rings. The van der Waals surface area contributed by atoms with Gasteiger partial charge < -0.3 is 15.5 Å². The van der Waals surface area contributed by atoms with E-state index in [0.717, 1.165) is 35.2 Å². The van der Waals surface area contributed by atoms with E-state index in [2.05, 4.69) is 21.6 Å². The van der Waals surface area contributed by atoms with E-state index < -0.39 is 23.5 Å². The van der Waals surface area contributed by atoms with Crippen LogP contribution in [0.2, 0.25) is 0 Å². The third-order valence-electron chi connectivity index (χ3n) is 6.33. The lowest BCUT2D eigenvalue weighted by Crippen LogP contribution is -2.42. The molecular weight excluding hydrogens is 546 g/mol. The van der Waals surface area contributed by atoms with E-state index in [9.17, 15) is 23.6 Å². The number of aromatic nitrogens is 2. The highest BCUT2D eigenvalue weighted by Gasteiger charge is 2.46. The molecule has 13 heteroatoms. The van der Waals surface area contributed by atoms with Gasteiger partial charge in [-0.1, -0.05) is 36.9 Å². The predicted octanol–water partition coefficient (Wildman–Crippen LogP) is 5.08. The molecule has 3 heterocycles. The molecule has 1 unspecified atom stereocenters. The number of nitrogens with zero attached hydrogens (tertiary/aromatic N) is 4. The summed E-state index contributed by atoms with van der Waals surface area (Å²) in [5, 5.41) is 21.2. The van der Waals surface area contributed by atoms with Crippen molar-refractivity contribution in [1.82, 2.24) is 10.2 Å². The van der Waals surface area contributed by atoms with E-state index >= 15 is 0 Å². The molecule has 1 atom stereocenters. The quantitative estimate of drug-likeness (QED) is 0.390. The number of nitrogens with two attached hydrogens (primary N) is 1. The van der Waals surface area contributed by atoms with Gasteiger partial charge in [-0.3, -0.25) is 14.5 Å². The summed E-state index contributed by atoms with van der Waals surface area (Å²) in [6.45, 7) is 3.97. The zero-order valence-electron chi connectivity index (χ0n) is 20.8. The molecule has 0 saturated carbocycles. The zero-order chi connectivity index (χ0) is 27.9. The van der Waals surface area contributed by atoms with Crippen LogP contribution in [-0.4, -0.2) is 27.6 Å². The number of anilines is 2. The van der Waals surface area contributed by atoms with E-state index in [1.807, 2.05) is 13.8 Å². The number of carbonyl (C=O) groups is 2. The molecule has 2 aromatic heterocycles. The Balaban J connectivity index is 1.43. The van der Waals surface area contributed by atoms with Gasteiger partial charge in [-0.15, -0.1) is 10.2 Å². The molecule has 200 valence electrons. The summed E-state index contributed by atoms with van der Waals surface area (Å²) >= 11 is 2.20. The van der Waals surface area contributed by atoms with Crippen molar-refractivity contribution in [3.05, 3.63) is 76.7 Å². The molecule has 1 aromatic carbocycles. The van der Waals surface area contributed by atoms with Gasteiger partial charge in [-0.2, -0.15) is 5.26 Å². The average Bonchev–Trinajstić information content (AvgIpc) is 3.56. The van der Waals surface area contributed by atoms with Crippen LogP contribution in [0.5, 0.6) is 0 Å². The molecule has 1 aliphatic carbocycles. The van der Waals surface area contributed by atoms with Gasteiger partial charge >= 0.3 is 0 Å². The van der Waals surface area contributed by atoms with Crippen molar-refractivity contribution in [3.8, 4) is 6.07 Å². The number of rotatable bonds is 6. The van der Waals surface area contributed by atoms with E-state index in [0.29, 0.717) is 45.4 Å². The van der Waals surface area contributed by atoms with Gasteiger partial charge in [-0.25, -0.2) is 8.78 Å². The number of amides is 1. The standard InChI is InChI=1S/C26H22F2N6O3S2/c1-26(2)9-17-22(18(35)10-26)21(19-4-3-7-37-19)14(11-29)23(30)34(17)24-32-33-25(39-24)38-12-20(36)31-16-6-5-13(27)8-15(16)28/h3-8,21H,9-10,12,30H2,1-2H3,(H,31,36). The number of nitriles is 1. The van der Waals surface area contributed by atoms with Crippen molar-refractivity contribution in [2.45, 2.75) is 36.9 Å². The normalized spacial score (nSPS) is 18.7. The van der Waals surface area contributed by atoms with E-state index in [1.54, 1.807) is 17.0 Å². The molecule has 0 bridgehead atoms. The number of thioether (sulfide) groups is 1. The number of carbonyl (C=O) groups excluding carboxylic acids is 2. The monoisotopic (exact) mass is 568 g/mol. The molecular formula is C26H22F2N6O3S2. The summed E-state index contributed by atoms with van der Waals surface area (Å²) in [6.07, 6.45) is 2.29. The maximum absolute atomic E-state index is 13.9. The van der Waals surface area contributed by atoms with Crippen LogP contribution in [0.3, 0.4) is 0 Å². The number of benzene rings is 1. The highest BCUT2D eigenvalue weighted by atomic mass is 32.2. The Morgan fingerprint density at radius 3 is 2.82 bits per heavy atom. The molecule has 1 aliphatic heterocycles. The minimum absolute atomic E-state index is 0.100. The minimum atomic E-state index is -0.880. The highest BCUT2D eigenvalue weighted by molar-refractivity contribution is 8.01. The maximum atomic E-state index is 13.9. The summed E-state index contributed by atoms with van der Waals surface area (Å²) in [7, 11) is 0. The molecule has 3 aromatic rings. The Kier molecular flexibility index (Phi) is 7.00.